The molecule has 0 saturated carbocycles. The third kappa shape index (κ3) is 4.88. The van der Waals surface area contributed by atoms with Crippen molar-refractivity contribution in [2.45, 2.75) is 0 Å². The van der Waals surface area contributed by atoms with Crippen molar-refractivity contribution in [3.05, 3.63) is 85.6 Å². The van der Waals surface area contributed by atoms with Gasteiger partial charge in [-0.3, -0.25) is 9.59 Å². The van der Waals surface area contributed by atoms with E-state index in [-0.39, 0.29) is 11.8 Å². The first-order chi connectivity index (χ1) is 17.5. The van der Waals surface area contributed by atoms with Crippen LogP contribution >= 0.6 is 0 Å². The Bertz CT molecular complexity index is 1450. The summed E-state index contributed by atoms with van der Waals surface area (Å²) in [5.41, 5.74) is 5.21. The Morgan fingerprint density at radius 3 is 2.61 bits per heavy atom. The van der Waals surface area contributed by atoms with E-state index in [0.717, 1.165) is 46.5 Å². The van der Waals surface area contributed by atoms with Crippen molar-refractivity contribution in [1.82, 2.24) is 14.9 Å². The van der Waals surface area contributed by atoms with Crippen LogP contribution in [0.4, 0.5) is 23.0 Å². The summed E-state index contributed by atoms with van der Waals surface area (Å²) in [6.07, 6.45) is 3.04. The number of likely N-dealkylation sites (N-methyl/N-ethyl adjacent to an activating group) is 1. The molecule has 1 fully saturated rings. The molecule has 0 radical (unpaired) electrons. The number of benzene rings is 3. The van der Waals surface area contributed by atoms with Crippen molar-refractivity contribution in [1.29, 1.82) is 0 Å². The molecular weight excluding hydrogens is 452 g/mol. The van der Waals surface area contributed by atoms with Crippen LogP contribution in [0.5, 0.6) is 0 Å². The van der Waals surface area contributed by atoms with Crippen LogP contribution in [0, 0.1) is 0 Å². The summed E-state index contributed by atoms with van der Waals surface area (Å²) in [5.74, 6) is 0.343. The van der Waals surface area contributed by atoms with Gasteiger partial charge in [0.05, 0.1) is 12.1 Å². The number of fused-ring (bicyclic) bond motifs is 1. The van der Waals surface area contributed by atoms with Gasteiger partial charge in [0.25, 0.3) is 0 Å². The minimum Gasteiger partial charge on any atom is -0.360 e. The molecule has 0 bridgehead atoms. The van der Waals surface area contributed by atoms with E-state index in [9.17, 15) is 9.59 Å². The summed E-state index contributed by atoms with van der Waals surface area (Å²) >= 11 is 0. The Labute approximate surface area is 209 Å². The molecule has 1 aliphatic heterocycles. The van der Waals surface area contributed by atoms with Crippen LogP contribution in [0.2, 0.25) is 0 Å². The zero-order valence-electron chi connectivity index (χ0n) is 19.9. The van der Waals surface area contributed by atoms with Gasteiger partial charge < -0.3 is 20.4 Å². The molecule has 0 aliphatic carbocycles. The number of carbonyl (C=O) groups is 2. The molecule has 8 nitrogen and oxygen atoms in total. The van der Waals surface area contributed by atoms with Crippen molar-refractivity contribution in [2.75, 3.05) is 42.2 Å². The van der Waals surface area contributed by atoms with E-state index in [2.05, 4.69) is 27.1 Å². The van der Waals surface area contributed by atoms with E-state index in [4.69, 9.17) is 4.98 Å². The quantitative estimate of drug-likeness (QED) is 0.398. The number of aromatic nitrogens is 2. The van der Waals surface area contributed by atoms with Crippen LogP contribution in [0.1, 0.15) is 0 Å². The number of nitrogens with zero attached hydrogens (tertiary/aromatic N) is 4. The maximum Gasteiger partial charge on any atom is 0.247 e. The number of anilines is 4. The van der Waals surface area contributed by atoms with Gasteiger partial charge in [0.15, 0.2) is 0 Å². The van der Waals surface area contributed by atoms with Crippen LogP contribution in [0.25, 0.3) is 22.0 Å². The van der Waals surface area contributed by atoms with Gasteiger partial charge >= 0.3 is 0 Å². The first kappa shape index (κ1) is 23.0. The summed E-state index contributed by atoms with van der Waals surface area (Å²) in [4.78, 5) is 36.9. The molecule has 2 heterocycles. The lowest BCUT2D eigenvalue weighted by atomic mass is 10.0. The predicted molar refractivity (Wildman–Crippen MR) is 143 cm³/mol. The second kappa shape index (κ2) is 9.87. The van der Waals surface area contributed by atoms with Gasteiger partial charge in [0, 0.05) is 54.3 Å². The van der Waals surface area contributed by atoms with Gasteiger partial charge in [0.1, 0.15) is 0 Å². The maximum absolute atomic E-state index is 12.0. The average molecular weight is 479 g/mol. The highest BCUT2D eigenvalue weighted by molar-refractivity contribution is 6.00. The number of carbonyl (C=O) groups excluding carboxylic acids is 2. The van der Waals surface area contributed by atoms with Crippen LogP contribution in [-0.4, -0.2) is 53.4 Å². The molecule has 3 aromatic carbocycles. The lowest BCUT2D eigenvalue weighted by molar-refractivity contribution is -0.129. The predicted octanol–water partition coefficient (Wildman–Crippen LogP) is 4.44. The van der Waals surface area contributed by atoms with Gasteiger partial charge in [-0.05, 0) is 48.0 Å². The number of nitrogens with one attached hydrogen (secondary N) is 2. The Morgan fingerprint density at radius 1 is 1.03 bits per heavy atom. The zero-order valence-corrected chi connectivity index (χ0v) is 19.9. The molecule has 36 heavy (non-hydrogen) atoms. The van der Waals surface area contributed by atoms with Crippen molar-refractivity contribution >= 4 is 45.7 Å². The molecule has 1 aromatic heterocycles. The Morgan fingerprint density at radius 2 is 1.83 bits per heavy atom. The fourth-order valence-corrected chi connectivity index (χ4v) is 4.17. The minimum absolute atomic E-state index is 0.123. The maximum atomic E-state index is 12.0. The molecule has 1 saturated heterocycles. The summed E-state index contributed by atoms with van der Waals surface area (Å²) in [6, 6.07) is 21.5. The molecular formula is C28H26N6O2. The van der Waals surface area contributed by atoms with Gasteiger partial charge in [-0.15, -0.1) is 0 Å². The molecule has 2 N–H and O–H groups in total. The van der Waals surface area contributed by atoms with Crippen LogP contribution in [-0.2, 0) is 9.59 Å². The Balaban J connectivity index is 1.39. The first-order valence-electron chi connectivity index (χ1n) is 11.7. The van der Waals surface area contributed by atoms with Gasteiger partial charge in [-0.1, -0.05) is 36.9 Å². The van der Waals surface area contributed by atoms with Crippen molar-refractivity contribution in [3.8, 4) is 11.1 Å². The SMILES string of the molecule is C=CC(=O)Nc1cccc(-c2cccc3cnc(Nc4ccc(N5CCN(C)C(=O)C5)cc4)nc23)c1. The molecule has 0 spiro atoms. The van der Waals surface area contributed by atoms with E-state index in [0.29, 0.717) is 18.2 Å². The minimum atomic E-state index is -0.260. The van der Waals surface area contributed by atoms with Crippen molar-refractivity contribution in [3.63, 3.8) is 0 Å². The number of rotatable bonds is 6. The molecule has 0 atom stereocenters. The molecule has 1 aliphatic rings. The fraction of sp³-hybridized carbons (Fsp3) is 0.143. The number of hydrogen-bond acceptors (Lipinski definition) is 6. The van der Waals surface area contributed by atoms with Crippen molar-refractivity contribution < 1.29 is 9.59 Å². The number of piperazine rings is 1. The highest BCUT2D eigenvalue weighted by Gasteiger charge is 2.21. The third-order valence-corrected chi connectivity index (χ3v) is 6.18. The topological polar surface area (TPSA) is 90.5 Å². The molecule has 8 heteroatoms. The molecule has 2 amide bonds. The Kier molecular flexibility index (Phi) is 6.32. The zero-order chi connectivity index (χ0) is 25.1. The van der Waals surface area contributed by atoms with Crippen LogP contribution in [0.15, 0.2) is 85.6 Å². The number of amides is 2. The van der Waals surface area contributed by atoms with Gasteiger partial charge in [0.2, 0.25) is 17.8 Å². The summed E-state index contributed by atoms with van der Waals surface area (Å²) in [7, 11) is 1.83. The van der Waals surface area contributed by atoms with Crippen LogP contribution < -0.4 is 15.5 Å². The lowest BCUT2D eigenvalue weighted by Gasteiger charge is -2.33. The summed E-state index contributed by atoms with van der Waals surface area (Å²) in [6.45, 7) is 5.42. The summed E-state index contributed by atoms with van der Waals surface area (Å²) < 4.78 is 0. The fourth-order valence-electron chi connectivity index (χ4n) is 4.17. The van der Waals surface area contributed by atoms with E-state index in [1.54, 1.807) is 11.1 Å². The number of hydrogen-bond donors (Lipinski definition) is 2. The molecule has 180 valence electrons. The molecule has 4 aromatic rings. The smallest absolute Gasteiger partial charge is 0.247 e. The first-order valence-corrected chi connectivity index (χ1v) is 11.7. The van der Waals surface area contributed by atoms with Gasteiger partial charge in [-0.25, -0.2) is 9.97 Å². The van der Waals surface area contributed by atoms with Gasteiger partial charge in [-0.2, -0.15) is 0 Å². The highest BCUT2D eigenvalue weighted by atomic mass is 16.2. The monoisotopic (exact) mass is 478 g/mol. The number of para-hydroxylation sites is 1. The molecule has 0 unspecified atom stereocenters. The highest BCUT2D eigenvalue weighted by Crippen LogP contribution is 2.30. The van der Waals surface area contributed by atoms with E-state index in [1.165, 1.54) is 6.08 Å². The van der Waals surface area contributed by atoms with E-state index >= 15 is 0 Å². The average Bonchev–Trinajstić information content (AvgIpc) is 2.90. The largest absolute Gasteiger partial charge is 0.360 e. The van der Waals surface area contributed by atoms with Crippen molar-refractivity contribution in [2.24, 2.45) is 0 Å². The normalized spacial score (nSPS) is 13.5. The molecule has 5 rings (SSSR count). The third-order valence-electron chi connectivity index (χ3n) is 6.18. The second-order valence-electron chi connectivity index (χ2n) is 8.62. The second-order valence-corrected chi connectivity index (χ2v) is 8.62. The summed E-state index contributed by atoms with van der Waals surface area (Å²) in [5, 5.41) is 6.99. The van der Waals surface area contributed by atoms with E-state index < -0.39 is 0 Å². The van der Waals surface area contributed by atoms with Crippen LogP contribution in [0.3, 0.4) is 0 Å². The lowest BCUT2D eigenvalue weighted by Crippen LogP contribution is -2.48. The standard InChI is InChI=1S/C28H26N6O2/c1-3-25(35)30-22-8-4-6-19(16-22)24-9-5-7-20-17-29-28(32-27(20)24)31-21-10-12-23(13-11-21)34-15-14-33(2)26(36)18-34/h3-13,16-17H,1,14-15,18H2,2H3,(H,30,35)(H,29,31,32). The van der Waals surface area contributed by atoms with E-state index in [1.807, 2.05) is 73.8 Å². The Hall–Kier alpha value is -4.72.